The molecule has 5 nitrogen and oxygen atoms in total. The summed E-state index contributed by atoms with van der Waals surface area (Å²) in [5.41, 5.74) is 1.95. The van der Waals surface area contributed by atoms with Crippen LogP contribution in [0.15, 0.2) is 52.3 Å². The van der Waals surface area contributed by atoms with Crippen molar-refractivity contribution in [3.63, 3.8) is 0 Å². The summed E-state index contributed by atoms with van der Waals surface area (Å²) in [6, 6.07) is 13.1. The van der Waals surface area contributed by atoms with Gasteiger partial charge in [-0.2, -0.15) is 0 Å². The summed E-state index contributed by atoms with van der Waals surface area (Å²) in [5, 5.41) is 5.65. The van der Waals surface area contributed by atoms with Crippen molar-refractivity contribution in [2.75, 3.05) is 17.2 Å². The Hall–Kier alpha value is -1.96. The number of rotatable bonds is 6. The number of benzene rings is 2. The van der Waals surface area contributed by atoms with Crippen LogP contribution in [0.3, 0.4) is 0 Å². The molecule has 0 aromatic heterocycles. The highest BCUT2D eigenvalue weighted by Crippen LogP contribution is 2.36. The Balaban J connectivity index is 1.70. The lowest BCUT2D eigenvalue weighted by atomic mass is 10.1. The van der Waals surface area contributed by atoms with Crippen molar-refractivity contribution < 1.29 is 9.59 Å². The monoisotopic (exact) mass is 387 g/mol. The van der Waals surface area contributed by atoms with Crippen molar-refractivity contribution in [2.45, 2.75) is 35.3 Å². The number of carbonyl (C=O) groups is 2. The summed E-state index contributed by atoms with van der Waals surface area (Å²) in [6.45, 7) is 4.91. The first-order chi connectivity index (χ1) is 12.6. The molecule has 0 radical (unpaired) electrons. The highest BCUT2D eigenvalue weighted by molar-refractivity contribution is 8.01. The maximum absolute atomic E-state index is 12.6. The lowest BCUT2D eigenvalue weighted by Crippen LogP contribution is -2.26. The second kappa shape index (κ2) is 8.62. The van der Waals surface area contributed by atoms with Crippen LogP contribution in [-0.4, -0.2) is 23.6 Å². The Morgan fingerprint density at radius 3 is 2.92 bits per heavy atom. The van der Waals surface area contributed by atoms with Gasteiger partial charge >= 0.3 is 0 Å². The summed E-state index contributed by atoms with van der Waals surface area (Å²) in [5.74, 6) is -0.237. The molecule has 1 atom stereocenters. The molecule has 3 N–H and O–H groups in total. The third-order valence-electron chi connectivity index (χ3n) is 3.81. The molecule has 1 aliphatic heterocycles. The summed E-state index contributed by atoms with van der Waals surface area (Å²) in [6.07, 6.45) is 1.06. The lowest BCUT2D eigenvalue weighted by molar-refractivity contribution is -0.115. The predicted molar refractivity (Wildman–Crippen MR) is 109 cm³/mol. The smallest absolute Gasteiger partial charge is 0.255 e. The van der Waals surface area contributed by atoms with E-state index in [-0.39, 0.29) is 17.1 Å². The van der Waals surface area contributed by atoms with E-state index < -0.39 is 0 Å². The van der Waals surface area contributed by atoms with Crippen LogP contribution in [0.25, 0.3) is 0 Å². The molecule has 2 amide bonds. The minimum Gasteiger partial charge on any atom is -0.324 e. The fourth-order valence-electron chi connectivity index (χ4n) is 2.43. The first-order valence-electron chi connectivity index (χ1n) is 8.49. The Labute approximate surface area is 161 Å². The highest BCUT2D eigenvalue weighted by Gasteiger charge is 2.23. The van der Waals surface area contributed by atoms with Crippen molar-refractivity contribution in [2.24, 2.45) is 0 Å². The molecule has 26 heavy (non-hydrogen) atoms. The van der Waals surface area contributed by atoms with E-state index in [0.29, 0.717) is 11.3 Å². The molecule has 3 rings (SSSR count). The largest absolute Gasteiger partial charge is 0.324 e. The minimum atomic E-state index is -0.200. The van der Waals surface area contributed by atoms with Crippen LogP contribution in [0.4, 0.5) is 11.4 Å². The van der Waals surface area contributed by atoms with E-state index in [9.17, 15) is 9.59 Å². The van der Waals surface area contributed by atoms with Crippen molar-refractivity contribution in [3.8, 4) is 0 Å². The number of amides is 2. The maximum Gasteiger partial charge on any atom is 0.255 e. The number of nitrogens with one attached hydrogen (secondary N) is 3. The number of thioether (sulfide) groups is 1. The topological polar surface area (TPSA) is 70.2 Å². The van der Waals surface area contributed by atoms with Gasteiger partial charge in [0.25, 0.3) is 5.91 Å². The molecule has 0 aliphatic carbocycles. The van der Waals surface area contributed by atoms with Gasteiger partial charge in [-0.25, -0.2) is 0 Å². The maximum atomic E-state index is 12.6. The molecule has 136 valence electrons. The van der Waals surface area contributed by atoms with Crippen molar-refractivity contribution >= 4 is 46.9 Å². The molecule has 2 aromatic rings. The molecular formula is C19H21N3O2S2. The summed E-state index contributed by atoms with van der Waals surface area (Å²) < 4.78 is 3.27. The molecule has 1 unspecified atom stereocenters. The third-order valence-corrected chi connectivity index (χ3v) is 5.82. The average Bonchev–Trinajstić information content (AvgIpc) is 2.63. The van der Waals surface area contributed by atoms with Crippen LogP contribution in [0.1, 0.15) is 30.6 Å². The number of fused-ring (bicyclic) bond motifs is 1. The molecule has 7 heteroatoms. The van der Waals surface area contributed by atoms with Crippen LogP contribution in [0.2, 0.25) is 0 Å². The number of hydrogen-bond acceptors (Lipinski definition) is 5. The molecule has 0 saturated heterocycles. The Morgan fingerprint density at radius 2 is 2.12 bits per heavy atom. The SMILES string of the molecule is CCCNSc1cccc(NC(=O)c2ccc3c(c2)NC(=O)C(C)S3)c1. The molecule has 2 aromatic carbocycles. The second-order valence-electron chi connectivity index (χ2n) is 5.94. The van der Waals surface area contributed by atoms with Crippen LogP contribution in [0.5, 0.6) is 0 Å². The number of hydrogen-bond donors (Lipinski definition) is 3. The number of anilines is 2. The molecule has 0 saturated carbocycles. The van der Waals surface area contributed by atoms with E-state index in [1.165, 1.54) is 11.8 Å². The second-order valence-corrected chi connectivity index (χ2v) is 8.29. The van der Waals surface area contributed by atoms with Gasteiger partial charge in [-0.05, 0) is 61.7 Å². The van der Waals surface area contributed by atoms with E-state index in [0.717, 1.165) is 28.4 Å². The molecule has 1 aliphatic rings. The van der Waals surface area contributed by atoms with Gasteiger partial charge in [0.15, 0.2) is 0 Å². The van der Waals surface area contributed by atoms with Crippen molar-refractivity contribution in [1.29, 1.82) is 0 Å². The first-order valence-corrected chi connectivity index (χ1v) is 10.2. The van der Waals surface area contributed by atoms with Gasteiger partial charge in [-0.15, -0.1) is 11.8 Å². The van der Waals surface area contributed by atoms with Gasteiger partial charge in [0.05, 0.1) is 10.9 Å². The molecule has 0 spiro atoms. The highest BCUT2D eigenvalue weighted by atomic mass is 32.2. The van der Waals surface area contributed by atoms with E-state index in [2.05, 4.69) is 22.3 Å². The Morgan fingerprint density at radius 1 is 1.27 bits per heavy atom. The van der Waals surface area contributed by atoms with Crippen LogP contribution in [-0.2, 0) is 4.79 Å². The molecule has 0 fully saturated rings. The van der Waals surface area contributed by atoms with Gasteiger partial charge in [0, 0.05) is 27.6 Å². The van der Waals surface area contributed by atoms with Crippen molar-refractivity contribution in [3.05, 3.63) is 48.0 Å². The van der Waals surface area contributed by atoms with E-state index in [4.69, 9.17) is 0 Å². The normalized spacial score (nSPS) is 15.9. The Kier molecular flexibility index (Phi) is 6.24. The average molecular weight is 388 g/mol. The van der Waals surface area contributed by atoms with Gasteiger partial charge < -0.3 is 10.6 Å². The summed E-state index contributed by atoms with van der Waals surface area (Å²) >= 11 is 3.05. The molecular weight excluding hydrogens is 366 g/mol. The molecule has 1 heterocycles. The van der Waals surface area contributed by atoms with Crippen molar-refractivity contribution in [1.82, 2.24) is 4.72 Å². The molecule has 0 bridgehead atoms. The zero-order valence-electron chi connectivity index (χ0n) is 14.7. The van der Waals surface area contributed by atoms with Crippen LogP contribution in [0, 0.1) is 0 Å². The van der Waals surface area contributed by atoms with E-state index in [1.807, 2.05) is 37.3 Å². The van der Waals surface area contributed by atoms with Gasteiger partial charge in [0.1, 0.15) is 0 Å². The fraction of sp³-hybridized carbons (Fsp3) is 0.263. The fourth-order valence-corrected chi connectivity index (χ4v) is 4.16. The van der Waals surface area contributed by atoms with Gasteiger partial charge in [-0.1, -0.05) is 13.0 Å². The standard InChI is InChI=1S/C19H21N3O2S2/c1-3-9-20-26-15-6-4-5-14(11-15)21-19(24)13-7-8-17-16(10-13)22-18(23)12(2)25-17/h4-8,10-12,20H,3,9H2,1-2H3,(H,21,24)(H,22,23). The van der Waals surface area contributed by atoms with E-state index in [1.54, 1.807) is 24.1 Å². The quantitative estimate of drug-likeness (QED) is 0.507. The zero-order chi connectivity index (χ0) is 18.5. The van der Waals surface area contributed by atoms with Crippen LogP contribution < -0.4 is 15.4 Å². The number of carbonyl (C=O) groups excluding carboxylic acids is 2. The minimum absolute atomic E-state index is 0.0376. The van der Waals surface area contributed by atoms with Gasteiger partial charge in [0.2, 0.25) is 5.91 Å². The summed E-state index contributed by atoms with van der Waals surface area (Å²) in [4.78, 5) is 26.4. The first kappa shape index (κ1) is 18.8. The van der Waals surface area contributed by atoms with Crippen LogP contribution >= 0.6 is 23.7 Å². The summed E-state index contributed by atoms with van der Waals surface area (Å²) in [7, 11) is 0. The van der Waals surface area contributed by atoms with E-state index >= 15 is 0 Å². The zero-order valence-corrected chi connectivity index (χ0v) is 16.3. The van der Waals surface area contributed by atoms with Gasteiger partial charge in [-0.3, -0.25) is 14.3 Å². The predicted octanol–water partition coefficient (Wildman–Crippen LogP) is 4.38. The third kappa shape index (κ3) is 4.60. The lowest BCUT2D eigenvalue weighted by Gasteiger charge is -2.21. The Bertz CT molecular complexity index is 826.